The number of carbonyl (C=O) groups is 1. The fourth-order valence-corrected chi connectivity index (χ4v) is 3.61. The van der Waals surface area contributed by atoms with E-state index in [1.165, 1.54) is 7.11 Å². The Bertz CT molecular complexity index is 645. The molecule has 0 unspecified atom stereocenters. The second kappa shape index (κ2) is 10.7. The highest BCUT2D eigenvalue weighted by Crippen LogP contribution is 2.27. The van der Waals surface area contributed by atoms with Crippen LogP contribution in [0, 0.1) is 0 Å². The molecule has 0 fully saturated rings. The molecule has 2 aromatic rings. The molecule has 25 heavy (non-hydrogen) atoms. The number of esters is 1. The third kappa shape index (κ3) is 6.40. The highest BCUT2D eigenvalue weighted by molar-refractivity contribution is 7.97. The van der Waals surface area contributed by atoms with Crippen LogP contribution in [0.25, 0.3) is 0 Å². The zero-order chi connectivity index (χ0) is 17.9. The van der Waals surface area contributed by atoms with E-state index in [1.54, 1.807) is 11.9 Å². The number of unbranched alkanes of at least 4 members (excludes halogenated alkanes) is 1. The molecule has 2 rings (SSSR count). The molecule has 0 N–H and O–H groups in total. The first-order chi connectivity index (χ1) is 12.2. The molecule has 0 radical (unpaired) electrons. The summed E-state index contributed by atoms with van der Waals surface area (Å²) in [6.07, 6.45) is 4.41. The molecule has 4 heteroatoms. The topological polar surface area (TPSA) is 29.5 Å². The van der Waals surface area contributed by atoms with Crippen LogP contribution in [-0.2, 0) is 16.0 Å². The van der Waals surface area contributed by atoms with Crippen LogP contribution in [0.3, 0.4) is 0 Å². The van der Waals surface area contributed by atoms with Gasteiger partial charge in [-0.05, 0) is 48.9 Å². The summed E-state index contributed by atoms with van der Waals surface area (Å²) in [5, 5.41) is 0. The Hall–Kier alpha value is -2.04. The number of ether oxygens (including phenoxy) is 1. The van der Waals surface area contributed by atoms with E-state index >= 15 is 0 Å². The van der Waals surface area contributed by atoms with Crippen molar-refractivity contribution in [2.24, 2.45) is 0 Å². The highest BCUT2D eigenvalue weighted by Gasteiger charge is 2.27. The van der Waals surface area contributed by atoms with Crippen LogP contribution >= 0.6 is 11.9 Å². The largest absolute Gasteiger partial charge is 0.468 e. The van der Waals surface area contributed by atoms with Gasteiger partial charge in [0.05, 0.1) is 7.11 Å². The summed E-state index contributed by atoms with van der Waals surface area (Å²) in [5.74, 6) is -0.203. The second-order valence-corrected chi connectivity index (χ2v) is 6.83. The number of benzene rings is 2. The van der Waals surface area contributed by atoms with Crippen molar-refractivity contribution in [3.63, 3.8) is 0 Å². The molecule has 0 saturated heterocycles. The van der Waals surface area contributed by atoms with Crippen molar-refractivity contribution >= 4 is 17.9 Å². The minimum Gasteiger partial charge on any atom is -0.468 e. The molecule has 0 heterocycles. The Morgan fingerprint density at radius 3 is 2.40 bits per heavy atom. The van der Waals surface area contributed by atoms with Crippen LogP contribution in [0.1, 0.15) is 18.4 Å². The summed E-state index contributed by atoms with van der Waals surface area (Å²) in [7, 11) is 1.45. The van der Waals surface area contributed by atoms with Gasteiger partial charge in [-0.2, -0.15) is 0 Å². The van der Waals surface area contributed by atoms with Crippen LogP contribution in [0.5, 0.6) is 0 Å². The van der Waals surface area contributed by atoms with E-state index in [-0.39, 0.29) is 12.0 Å². The fraction of sp³-hybridized carbons (Fsp3) is 0.286. The number of hydrogen-bond acceptors (Lipinski definition) is 4. The van der Waals surface area contributed by atoms with Crippen molar-refractivity contribution in [2.45, 2.75) is 30.2 Å². The smallest absolute Gasteiger partial charge is 0.324 e. The Kier molecular flexibility index (Phi) is 8.29. The first-order valence-corrected chi connectivity index (χ1v) is 9.24. The molecule has 0 saturated carbocycles. The molecule has 0 spiro atoms. The van der Waals surface area contributed by atoms with Gasteiger partial charge in [0.1, 0.15) is 6.04 Å². The molecular weight excluding hydrogens is 330 g/mol. The molecule has 0 bridgehead atoms. The van der Waals surface area contributed by atoms with E-state index in [0.29, 0.717) is 6.42 Å². The van der Waals surface area contributed by atoms with Gasteiger partial charge in [0.25, 0.3) is 0 Å². The second-order valence-electron chi connectivity index (χ2n) is 5.70. The fourth-order valence-electron chi connectivity index (χ4n) is 2.55. The standard InChI is InChI=1S/C21H25NO2S/c1-3-4-11-16-22(25-19-14-9-6-10-15-19)20(21(23)24-2)17-18-12-7-5-8-13-18/h3,5-10,12-15,20H,1,4,11,16-17H2,2H3/t20-/m0/s1. The monoisotopic (exact) mass is 355 g/mol. The first-order valence-electron chi connectivity index (χ1n) is 8.47. The lowest BCUT2D eigenvalue weighted by molar-refractivity contribution is -0.145. The molecule has 0 aliphatic carbocycles. The molecule has 0 aliphatic rings. The maximum atomic E-state index is 12.5. The molecule has 0 aliphatic heterocycles. The number of hydrogen-bond donors (Lipinski definition) is 0. The zero-order valence-corrected chi connectivity index (χ0v) is 15.5. The van der Waals surface area contributed by atoms with Gasteiger partial charge < -0.3 is 4.74 Å². The predicted octanol–water partition coefficient (Wildman–Crippen LogP) is 4.75. The normalized spacial score (nSPS) is 11.9. The van der Waals surface area contributed by atoms with Gasteiger partial charge in [0, 0.05) is 11.4 Å². The highest BCUT2D eigenvalue weighted by atomic mass is 32.2. The minimum absolute atomic E-state index is 0.203. The Balaban J connectivity index is 2.20. The van der Waals surface area contributed by atoms with E-state index in [1.807, 2.05) is 54.6 Å². The van der Waals surface area contributed by atoms with Crippen molar-refractivity contribution in [1.82, 2.24) is 4.31 Å². The average molecular weight is 356 g/mol. The number of methoxy groups -OCH3 is 1. The number of allylic oxidation sites excluding steroid dienone is 1. The van der Waals surface area contributed by atoms with Crippen molar-refractivity contribution < 1.29 is 9.53 Å². The molecule has 132 valence electrons. The Labute approximate surface area is 154 Å². The minimum atomic E-state index is -0.331. The summed E-state index contributed by atoms with van der Waals surface area (Å²) in [6, 6.07) is 19.9. The van der Waals surface area contributed by atoms with Gasteiger partial charge in [0.2, 0.25) is 0 Å². The molecule has 0 amide bonds. The third-order valence-electron chi connectivity index (χ3n) is 3.85. The van der Waals surface area contributed by atoms with Crippen molar-refractivity contribution in [3.05, 3.63) is 78.9 Å². The van der Waals surface area contributed by atoms with Crippen LogP contribution in [-0.4, -0.2) is 30.0 Å². The Morgan fingerprint density at radius 2 is 1.80 bits per heavy atom. The zero-order valence-electron chi connectivity index (χ0n) is 14.6. The van der Waals surface area contributed by atoms with Crippen LogP contribution < -0.4 is 0 Å². The predicted molar refractivity (Wildman–Crippen MR) is 104 cm³/mol. The number of rotatable bonds is 10. The molecule has 3 nitrogen and oxygen atoms in total. The van der Waals surface area contributed by atoms with E-state index < -0.39 is 0 Å². The van der Waals surface area contributed by atoms with Crippen LogP contribution in [0.15, 0.2) is 78.2 Å². The van der Waals surface area contributed by atoms with Gasteiger partial charge in [-0.3, -0.25) is 4.79 Å². The van der Waals surface area contributed by atoms with Gasteiger partial charge >= 0.3 is 5.97 Å². The van der Waals surface area contributed by atoms with Crippen molar-refractivity contribution in [1.29, 1.82) is 0 Å². The quantitative estimate of drug-likeness (QED) is 0.266. The summed E-state index contributed by atoms with van der Waals surface area (Å²) in [6.45, 7) is 4.58. The van der Waals surface area contributed by atoms with Gasteiger partial charge in [-0.1, -0.05) is 54.6 Å². The average Bonchev–Trinajstić information content (AvgIpc) is 2.66. The van der Waals surface area contributed by atoms with Gasteiger partial charge in [-0.15, -0.1) is 6.58 Å². The third-order valence-corrected chi connectivity index (χ3v) is 5.00. The lowest BCUT2D eigenvalue weighted by Gasteiger charge is -2.28. The van der Waals surface area contributed by atoms with Crippen molar-refractivity contribution in [3.8, 4) is 0 Å². The summed E-state index contributed by atoms with van der Waals surface area (Å²) >= 11 is 1.61. The lowest BCUT2D eigenvalue weighted by atomic mass is 10.1. The summed E-state index contributed by atoms with van der Waals surface area (Å²) in [4.78, 5) is 13.6. The van der Waals surface area contributed by atoms with E-state index in [2.05, 4.69) is 23.0 Å². The summed E-state index contributed by atoms with van der Waals surface area (Å²) in [5.41, 5.74) is 1.13. The first kappa shape index (κ1) is 19.3. The van der Waals surface area contributed by atoms with Crippen LogP contribution in [0.4, 0.5) is 0 Å². The number of carbonyl (C=O) groups excluding carboxylic acids is 1. The maximum Gasteiger partial charge on any atom is 0.324 e. The number of nitrogens with zero attached hydrogens (tertiary/aromatic N) is 1. The SMILES string of the molecule is C=CCCCN(Sc1ccccc1)[C@@H](Cc1ccccc1)C(=O)OC. The van der Waals surface area contributed by atoms with Crippen molar-refractivity contribution in [2.75, 3.05) is 13.7 Å². The van der Waals surface area contributed by atoms with Gasteiger partial charge in [0.15, 0.2) is 0 Å². The maximum absolute atomic E-state index is 12.5. The van der Waals surface area contributed by atoms with E-state index in [9.17, 15) is 4.79 Å². The van der Waals surface area contributed by atoms with E-state index in [4.69, 9.17) is 4.74 Å². The lowest BCUT2D eigenvalue weighted by Crippen LogP contribution is -2.40. The molecular formula is C21H25NO2S. The van der Waals surface area contributed by atoms with Crippen LogP contribution in [0.2, 0.25) is 0 Å². The Morgan fingerprint density at radius 1 is 1.16 bits per heavy atom. The van der Waals surface area contributed by atoms with E-state index in [0.717, 1.165) is 29.8 Å². The molecule has 1 atom stereocenters. The molecule has 2 aromatic carbocycles. The molecule has 0 aromatic heterocycles. The summed E-state index contributed by atoms with van der Waals surface area (Å²) < 4.78 is 7.23. The van der Waals surface area contributed by atoms with Gasteiger partial charge in [-0.25, -0.2) is 4.31 Å².